The van der Waals surface area contributed by atoms with Crippen molar-refractivity contribution in [2.24, 2.45) is 5.41 Å². The van der Waals surface area contributed by atoms with E-state index in [1.807, 2.05) is 61.5 Å². The lowest BCUT2D eigenvalue weighted by Gasteiger charge is -2.42. The zero-order chi connectivity index (χ0) is 16.3. The van der Waals surface area contributed by atoms with E-state index >= 15 is 0 Å². The predicted octanol–water partition coefficient (Wildman–Crippen LogP) is 3.82. The Morgan fingerprint density at radius 1 is 1.13 bits per heavy atom. The number of ether oxygens (including phenoxy) is 1. The van der Waals surface area contributed by atoms with Crippen LogP contribution in [0.25, 0.3) is 0 Å². The van der Waals surface area contributed by atoms with Crippen LogP contribution in [0.15, 0.2) is 54.6 Å². The van der Waals surface area contributed by atoms with Gasteiger partial charge in [0.25, 0.3) is 0 Å². The third-order valence-electron chi connectivity index (χ3n) is 4.41. The lowest BCUT2D eigenvalue weighted by molar-refractivity contribution is -0.154. The highest BCUT2D eigenvalue weighted by Crippen LogP contribution is 2.40. The van der Waals surface area contributed by atoms with Crippen molar-refractivity contribution >= 4 is 5.97 Å². The van der Waals surface area contributed by atoms with Gasteiger partial charge in [-0.25, -0.2) is 0 Å². The van der Waals surface area contributed by atoms with Crippen LogP contribution in [0.1, 0.15) is 25.3 Å². The Morgan fingerprint density at radius 3 is 2.35 bits per heavy atom. The van der Waals surface area contributed by atoms with E-state index in [1.54, 1.807) is 0 Å². The predicted molar refractivity (Wildman–Crippen MR) is 88.6 cm³/mol. The van der Waals surface area contributed by atoms with E-state index in [9.17, 15) is 4.79 Å². The van der Waals surface area contributed by atoms with Crippen molar-refractivity contribution in [2.45, 2.75) is 32.4 Å². The molecule has 0 radical (unpaired) electrons. The first-order valence-electron chi connectivity index (χ1n) is 7.84. The standard InChI is InChI=1S/C19H21NO3/c1-19(18(21)22)11-15(12-19)20-13-14-7-9-17(10-8-14)23-16-5-3-2-4-6-16/h2-10,15,20H,11-13H2,1H3,(H,21,22). The highest BCUT2D eigenvalue weighted by Gasteiger charge is 2.46. The van der Waals surface area contributed by atoms with Gasteiger partial charge in [-0.05, 0) is 49.6 Å². The van der Waals surface area contributed by atoms with Crippen LogP contribution in [0.4, 0.5) is 0 Å². The van der Waals surface area contributed by atoms with Gasteiger partial charge in [0.15, 0.2) is 0 Å². The largest absolute Gasteiger partial charge is 0.481 e. The van der Waals surface area contributed by atoms with E-state index < -0.39 is 11.4 Å². The van der Waals surface area contributed by atoms with E-state index in [-0.39, 0.29) is 6.04 Å². The molecule has 0 bridgehead atoms. The molecule has 4 heteroatoms. The molecule has 0 amide bonds. The molecule has 1 fully saturated rings. The lowest BCUT2D eigenvalue weighted by atomic mass is 9.67. The minimum absolute atomic E-state index is 0.288. The molecule has 0 saturated heterocycles. The summed E-state index contributed by atoms with van der Waals surface area (Å²) in [5.41, 5.74) is 0.611. The highest BCUT2D eigenvalue weighted by atomic mass is 16.5. The molecule has 2 aromatic rings. The fourth-order valence-corrected chi connectivity index (χ4v) is 2.91. The van der Waals surface area contributed by atoms with Crippen molar-refractivity contribution in [3.05, 3.63) is 60.2 Å². The SMILES string of the molecule is CC1(C(=O)O)CC(NCc2ccc(Oc3ccccc3)cc2)C1. The summed E-state index contributed by atoms with van der Waals surface area (Å²) in [5, 5.41) is 12.5. The van der Waals surface area contributed by atoms with Gasteiger partial charge < -0.3 is 15.2 Å². The van der Waals surface area contributed by atoms with Gasteiger partial charge >= 0.3 is 5.97 Å². The molecule has 3 rings (SSSR count). The topological polar surface area (TPSA) is 58.6 Å². The molecular formula is C19H21NO3. The number of carboxylic acids is 1. The van der Waals surface area contributed by atoms with Gasteiger partial charge in [0.2, 0.25) is 0 Å². The summed E-state index contributed by atoms with van der Waals surface area (Å²) in [4.78, 5) is 11.1. The number of hydrogen-bond acceptors (Lipinski definition) is 3. The Bertz CT molecular complexity index is 661. The number of carbonyl (C=O) groups is 1. The van der Waals surface area contributed by atoms with Gasteiger partial charge in [-0.2, -0.15) is 0 Å². The summed E-state index contributed by atoms with van der Waals surface area (Å²) in [6, 6.07) is 17.9. The number of hydrogen-bond donors (Lipinski definition) is 2. The van der Waals surface area contributed by atoms with Crippen LogP contribution in [0.2, 0.25) is 0 Å². The molecule has 0 unspecified atom stereocenters. The van der Waals surface area contributed by atoms with Gasteiger partial charge in [0.1, 0.15) is 11.5 Å². The van der Waals surface area contributed by atoms with Crippen molar-refractivity contribution in [1.29, 1.82) is 0 Å². The van der Waals surface area contributed by atoms with Crippen LogP contribution in [-0.2, 0) is 11.3 Å². The smallest absolute Gasteiger partial charge is 0.309 e. The van der Waals surface area contributed by atoms with E-state index in [0.717, 1.165) is 23.6 Å². The average Bonchev–Trinajstić information content (AvgIpc) is 2.52. The number of aliphatic carboxylic acids is 1. The maximum absolute atomic E-state index is 11.1. The first-order chi connectivity index (χ1) is 11.0. The molecule has 0 aliphatic heterocycles. The fraction of sp³-hybridized carbons (Fsp3) is 0.316. The van der Waals surface area contributed by atoms with E-state index in [0.29, 0.717) is 12.8 Å². The van der Waals surface area contributed by atoms with Gasteiger partial charge in [-0.15, -0.1) is 0 Å². The Hall–Kier alpha value is -2.33. The van der Waals surface area contributed by atoms with E-state index in [2.05, 4.69) is 5.32 Å². The third kappa shape index (κ3) is 3.71. The molecule has 0 spiro atoms. The third-order valence-corrected chi connectivity index (χ3v) is 4.41. The van der Waals surface area contributed by atoms with Crippen molar-refractivity contribution in [2.75, 3.05) is 0 Å². The summed E-state index contributed by atoms with van der Waals surface area (Å²) in [5.74, 6) is 0.931. The molecule has 0 heterocycles. The van der Waals surface area contributed by atoms with Crippen LogP contribution < -0.4 is 10.1 Å². The Kier molecular flexibility index (Phi) is 4.35. The second kappa shape index (κ2) is 6.42. The molecular weight excluding hydrogens is 290 g/mol. The van der Waals surface area contributed by atoms with Crippen LogP contribution in [0, 0.1) is 5.41 Å². The van der Waals surface area contributed by atoms with Crippen molar-refractivity contribution in [1.82, 2.24) is 5.32 Å². The number of benzene rings is 2. The minimum atomic E-state index is -0.696. The number of nitrogens with one attached hydrogen (secondary N) is 1. The maximum atomic E-state index is 11.1. The normalized spacial score (nSPS) is 23.1. The molecule has 0 aromatic heterocycles. The summed E-state index contributed by atoms with van der Waals surface area (Å²) in [6.45, 7) is 2.55. The average molecular weight is 311 g/mol. The number of para-hydroxylation sites is 1. The van der Waals surface area contributed by atoms with E-state index in [4.69, 9.17) is 9.84 Å². The van der Waals surface area contributed by atoms with E-state index in [1.165, 1.54) is 0 Å². The summed E-state index contributed by atoms with van der Waals surface area (Å²) in [7, 11) is 0. The minimum Gasteiger partial charge on any atom is -0.481 e. The van der Waals surface area contributed by atoms with Crippen molar-refractivity contribution < 1.29 is 14.6 Å². The van der Waals surface area contributed by atoms with Crippen LogP contribution in [-0.4, -0.2) is 17.1 Å². The molecule has 0 atom stereocenters. The van der Waals surface area contributed by atoms with Crippen molar-refractivity contribution in [3.8, 4) is 11.5 Å². The number of carboxylic acid groups (broad SMARTS) is 1. The van der Waals surface area contributed by atoms with Crippen LogP contribution in [0.3, 0.4) is 0 Å². The maximum Gasteiger partial charge on any atom is 0.309 e. The zero-order valence-corrected chi connectivity index (χ0v) is 13.2. The van der Waals surface area contributed by atoms with Gasteiger partial charge in [0.05, 0.1) is 5.41 Å². The second-order valence-electron chi connectivity index (χ2n) is 6.41. The molecule has 120 valence electrons. The van der Waals surface area contributed by atoms with Crippen LogP contribution >= 0.6 is 0 Å². The molecule has 23 heavy (non-hydrogen) atoms. The molecule has 1 saturated carbocycles. The second-order valence-corrected chi connectivity index (χ2v) is 6.41. The highest BCUT2D eigenvalue weighted by molar-refractivity contribution is 5.75. The summed E-state index contributed by atoms with van der Waals surface area (Å²) >= 11 is 0. The molecule has 4 nitrogen and oxygen atoms in total. The number of rotatable bonds is 6. The van der Waals surface area contributed by atoms with Crippen LogP contribution in [0.5, 0.6) is 11.5 Å². The fourth-order valence-electron chi connectivity index (χ4n) is 2.91. The summed E-state index contributed by atoms with van der Waals surface area (Å²) in [6.07, 6.45) is 1.38. The van der Waals surface area contributed by atoms with Crippen molar-refractivity contribution in [3.63, 3.8) is 0 Å². The van der Waals surface area contributed by atoms with Gasteiger partial charge in [-0.1, -0.05) is 30.3 Å². The molecule has 2 aromatic carbocycles. The monoisotopic (exact) mass is 311 g/mol. The Balaban J connectivity index is 1.48. The lowest BCUT2D eigenvalue weighted by Crippen LogP contribution is -2.51. The molecule has 2 N–H and O–H groups in total. The quantitative estimate of drug-likeness (QED) is 0.851. The Labute approximate surface area is 136 Å². The summed E-state index contributed by atoms with van der Waals surface area (Å²) < 4.78 is 5.76. The Morgan fingerprint density at radius 2 is 1.74 bits per heavy atom. The molecule has 1 aliphatic carbocycles. The zero-order valence-electron chi connectivity index (χ0n) is 13.2. The van der Waals surface area contributed by atoms with Gasteiger partial charge in [-0.3, -0.25) is 4.79 Å². The first-order valence-corrected chi connectivity index (χ1v) is 7.84. The van der Waals surface area contributed by atoms with Gasteiger partial charge in [0, 0.05) is 12.6 Å². The first kappa shape index (κ1) is 15.6. The molecule has 1 aliphatic rings.